The molecular formula is C53H89NO3. The molecule has 0 heterocycles. The Bertz CT molecular complexity index is 1120. The zero-order valence-corrected chi connectivity index (χ0v) is 37.1. The molecule has 0 bridgehead atoms. The van der Waals surface area contributed by atoms with Crippen LogP contribution in [0.1, 0.15) is 200 Å². The first kappa shape index (κ1) is 54.0. The van der Waals surface area contributed by atoms with Crippen LogP contribution in [-0.2, 0) is 4.79 Å². The number of aliphatic hydroxyl groups is 2. The van der Waals surface area contributed by atoms with Crippen LogP contribution >= 0.6 is 0 Å². The molecule has 0 spiro atoms. The van der Waals surface area contributed by atoms with E-state index in [1.165, 1.54) is 103 Å². The van der Waals surface area contributed by atoms with Crippen LogP contribution in [0.4, 0.5) is 0 Å². The fourth-order valence-electron chi connectivity index (χ4n) is 6.41. The van der Waals surface area contributed by atoms with Crippen molar-refractivity contribution in [2.75, 3.05) is 6.61 Å². The highest BCUT2D eigenvalue weighted by atomic mass is 16.3. The summed E-state index contributed by atoms with van der Waals surface area (Å²) in [7, 11) is 0. The molecule has 57 heavy (non-hydrogen) atoms. The average Bonchev–Trinajstić information content (AvgIpc) is 3.22. The van der Waals surface area contributed by atoms with Gasteiger partial charge in [-0.25, -0.2) is 0 Å². The number of hydrogen-bond donors (Lipinski definition) is 3. The molecule has 0 aliphatic carbocycles. The lowest BCUT2D eigenvalue weighted by Crippen LogP contribution is -2.45. The fraction of sp³-hybridized carbons (Fsp3) is 0.642. The summed E-state index contributed by atoms with van der Waals surface area (Å²) in [4.78, 5) is 12.4. The first-order valence-electron chi connectivity index (χ1n) is 23.6. The second-order valence-corrected chi connectivity index (χ2v) is 15.4. The van der Waals surface area contributed by atoms with Gasteiger partial charge in [-0.3, -0.25) is 4.79 Å². The van der Waals surface area contributed by atoms with Crippen LogP contribution in [0.25, 0.3) is 0 Å². The molecule has 0 aromatic carbocycles. The van der Waals surface area contributed by atoms with Gasteiger partial charge in [-0.2, -0.15) is 0 Å². The molecule has 0 fully saturated rings. The summed E-state index contributed by atoms with van der Waals surface area (Å²) in [5.41, 5.74) is 0. The minimum Gasteiger partial charge on any atom is -0.394 e. The van der Waals surface area contributed by atoms with E-state index >= 15 is 0 Å². The van der Waals surface area contributed by atoms with Gasteiger partial charge in [0, 0.05) is 6.42 Å². The van der Waals surface area contributed by atoms with Crippen molar-refractivity contribution in [2.45, 2.75) is 212 Å². The van der Waals surface area contributed by atoms with Crippen LogP contribution in [-0.4, -0.2) is 34.9 Å². The zero-order chi connectivity index (χ0) is 41.4. The van der Waals surface area contributed by atoms with Crippen LogP contribution in [0.3, 0.4) is 0 Å². The molecule has 4 heteroatoms. The van der Waals surface area contributed by atoms with Crippen LogP contribution in [0.15, 0.2) is 109 Å². The van der Waals surface area contributed by atoms with E-state index in [2.05, 4.69) is 116 Å². The molecule has 0 aromatic heterocycles. The first-order valence-corrected chi connectivity index (χ1v) is 23.6. The maximum absolute atomic E-state index is 12.4. The Morgan fingerprint density at radius 3 is 1.23 bits per heavy atom. The van der Waals surface area contributed by atoms with Crippen molar-refractivity contribution in [2.24, 2.45) is 0 Å². The second-order valence-electron chi connectivity index (χ2n) is 15.4. The predicted octanol–water partition coefficient (Wildman–Crippen LogP) is 15.2. The first-order chi connectivity index (χ1) is 28.2. The number of rotatable bonds is 41. The smallest absolute Gasteiger partial charge is 0.220 e. The van der Waals surface area contributed by atoms with E-state index in [0.717, 1.165) is 77.0 Å². The fourth-order valence-corrected chi connectivity index (χ4v) is 6.41. The van der Waals surface area contributed by atoms with Gasteiger partial charge in [0.2, 0.25) is 5.91 Å². The van der Waals surface area contributed by atoms with Gasteiger partial charge in [-0.05, 0) is 89.9 Å². The van der Waals surface area contributed by atoms with Crippen molar-refractivity contribution in [1.82, 2.24) is 5.32 Å². The van der Waals surface area contributed by atoms with Gasteiger partial charge in [-0.1, -0.05) is 213 Å². The Balaban J connectivity index is 3.61. The lowest BCUT2D eigenvalue weighted by atomic mass is 10.0. The van der Waals surface area contributed by atoms with Crippen molar-refractivity contribution in [3.63, 3.8) is 0 Å². The molecule has 4 nitrogen and oxygen atoms in total. The van der Waals surface area contributed by atoms with E-state index in [1.54, 1.807) is 6.08 Å². The minimum absolute atomic E-state index is 0.0838. The normalized spacial score (nSPS) is 14.0. The number of carbonyl (C=O) groups excluding carboxylic acids is 1. The third kappa shape index (κ3) is 44.0. The Morgan fingerprint density at radius 1 is 0.439 bits per heavy atom. The molecule has 0 radical (unpaired) electrons. The van der Waals surface area contributed by atoms with Gasteiger partial charge in [0.1, 0.15) is 0 Å². The van der Waals surface area contributed by atoms with Gasteiger partial charge in [0.15, 0.2) is 0 Å². The Labute approximate surface area is 353 Å². The molecule has 0 rings (SSSR count). The molecule has 2 atom stereocenters. The molecule has 0 saturated heterocycles. The van der Waals surface area contributed by atoms with Crippen molar-refractivity contribution in [1.29, 1.82) is 0 Å². The van der Waals surface area contributed by atoms with Crippen molar-refractivity contribution < 1.29 is 15.0 Å². The highest BCUT2D eigenvalue weighted by Crippen LogP contribution is 2.13. The van der Waals surface area contributed by atoms with Gasteiger partial charge in [-0.15, -0.1) is 0 Å². The molecule has 3 N–H and O–H groups in total. The molecule has 0 aliphatic rings. The average molecular weight is 788 g/mol. The highest BCUT2D eigenvalue weighted by molar-refractivity contribution is 5.76. The highest BCUT2D eigenvalue weighted by Gasteiger charge is 2.17. The summed E-state index contributed by atoms with van der Waals surface area (Å²) in [6, 6.07) is -0.646. The molecule has 1 amide bonds. The van der Waals surface area contributed by atoms with Crippen LogP contribution in [0.2, 0.25) is 0 Å². The SMILES string of the molecule is CC/C=C\C/C=C\C/C=C\C/C=C\C/C=C\C/C=C\C/C=C\CCCCCCCCCCCCCC(=O)NC(CO)C(O)/C=C/CC/C=C/CCCCCCCC. The zero-order valence-electron chi connectivity index (χ0n) is 37.1. The van der Waals surface area contributed by atoms with Gasteiger partial charge in [0.25, 0.3) is 0 Å². The largest absolute Gasteiger partial charge is 0.394 e. The molecule has 0 saturated carbocycles. The monoisotopic (exact) mass is 788 g/mol. The van der Waals surface area contributed by atoms with E-state index in [-0.39, 0.29) is 12.5 Å². The topological polar surface area (TPSA) is 69.6 Å². The van der Waals surface area contributed by atoms with Gasteiger partial charge >= 0.3 is 0 Å². The standard InChI is InChI=1S/C53H89NO3/c1-3-5-7-9-11-13-15-17-18-19-20-21-22-23-24-25-26-27-28-29-30-31-32-33-34-35-36-37-39-41-43-45-47-49-53(57)54-51(50-55)52(56)48-46-44-42-40-38-16-14-12-10-8-6-4-2/h5,7,11,13,17-18,20-21,23-24,26-27,29-30,38,40,46,48,51-52,55-56H,3-4,6,8-10,12,14-16,19,22,25,28,31-37,39,41-45,47,49-50H2,1-2H3,(H,54,57)/b7-5-,13-11-,18-17-,21-20-,24-23-,27-26-,30-29-,40-38+,48-46+. The lowest BCUT2D eigenvalue weighted by molar-refractivity contribution is -0.123. The summed E-state index contributed by atoms with van der Waals surface area (Å²) < 4.78 is 0. The van der Waals surface area contributed by atoms with Gasteiger partial charge in [0.05, 0.1) is 18.8 Å². The summed E-state index contributed by atoms with van der Waals surface area (Å²) in [5.74, 6) is -0.0838. The van der Waals surface area contributed by atoms with Crippen LogP contribution in [0, 0.1) is 0 Å². The Hall–Kier alpha value is -2.95. The summed E-state index contributed by atoms with van der Waals surface area (Å²) in [6.45, 7) is 4.15. The quantitative estimate of drug-likeness (QED) is 0.0427. The molecule has 324 valence electrons. The summed E-state index contributed by atoms with van der Waals surface area (Å²) in [5, 5.41) is 22.9. The van der Waals surface area contributed by atoms with E-state index in [1.807, 2.05) is 6.08 Å². The van der Waals surface area contributed by atoms with Crippen LogP contribution < -0.4 is 5.32 Å². The Morgan fingerprint density at radius 2 is 0.789 bits per heavy atom. The minimum atomic E-state index is -0.868. The van der Waals surface area contributed by atoms with E-state index in [9.17, 15) is 15.0 Å². The number of carbonyl (C=O) groups is 1. The third-order valence-corrected chi connectivity index (χ3v) is 9.99. The van der Waals surface area contributed by atoms with E-state index < -0.39 is 12.1 Å². The van der Waals surface area contributed by atoms with Crippen molar-refractivity contribution in [3.8, 4) is 0 Å². The number of allylic oxidation sites excluding steroid dienone is 17. The second kappa shape index (κ2) is 47.4. The third-order valence-electron chi connectivity index (χ3n) is 9.99. The maximum atomic E-state index is 12.4. The number of aliphatic hydroxyl groups excluding tert-OH is 2. The number of amides is 1. The van der Waals surface area contributed by atoms with Gasteiger partial charge < -0.3 is 15.5 Å². The molecular weight excluding hydrogens is 699 g/mol. The number of nitrogens with one attached hydrogen (secondary N) is 1. The predicted molar refractivity (Wildman–Crippen MR) is 253 cm³/mol. The lowest BCUT2D eigenvalue weighted by Gasteiger charge is -2.19. The maximum Gasteiger partial charge on any atom is 0.220 e. The summed E-state index contributed by atoms with van der Waals surface area (Å²) >= 11 is 0. The van der Waals surface area contributed by atoms with Crippen molar-refractivity contribution >= 4 is 5.91 Å². The molecule has 0 aromatic rings. The molecule has 2 unspecified atom stereocenters. The number of unbranched alkanes of at least 4 members (excludes halogenated alkanes) is 18. The van der Waals surface area contributed by atoms with E-state index in [4.69, 9.17) is 0 Å². The number of hydrogen-bond acceptors (Lipinski definition) is 3. The van der Waals surface area contributed by atoms with Crippen LogP contribution in [0.5, 0.6) is 0 Å². The van der Waals surface area contributed by atoms with Crippen molar-refractivity contribution in [3.05, 3.63) is 109 Å². The molecule has 0 aliphatic heterocycles. The van der Waals surface area contributed by atoms with E-state index in [0.29, 0.717) is 6.42 Å². The Kier molecular flexibility index (Phi) is 45.0. The summed E-state index contributed by atoms with van der Waals surface area (Å²) in [6.07, 6.45) is 72.1.